The summed E-state index contributed by atoms with van der Waals surface area (Å²) in [6.07, 6.45) is 3.67. The zero-order valence-electron chi connectivity index (χ0n) is 14.1. The third-order valence-corrected chi connectivity index (χ3v) is 5.28. The summed E-state index contributed by atoms with van der Waals surface area (Å²) in [4.78, 5) is 26.5. The van der Waals surface area contributed by atoms with E-state index in [-0.39, 0.29) is 30.3 Å². The molecule has 1 aliphatic carbocycles. The molecule has 2 fully saturated rings. The molecule has 2 aliphatic rings. The van der Waals surface area contributed by atoms with Crippen molar-refractivity contribution in [2.24, 2.45) is 5.92 Å². The highest BCUT2D eigenvalue weighted by Gasteiger charge is 2.55. The third kappa shape index (κ3) is 2.59. The number of carbonyl (C=O) groups excluding carboxylic acids is 2. The minimum absolute atomic E-state index is 0.00102. The molecule has 1 saturated heterocycles. The van der Waals surface area contributed by atoms with E-state index in [1.807, 2.05) is 37.3 Å². The Bertz CT molecular complexity index is 804. The van der Waals surface area contributed by atoms with Crippen LogP contribution in [-0.4, -0.2) is 32.6 Å². The number of urea groups is 1. The van der Waals surface area contributed by atoms with Crippen LogP contribution in [0.2, 0.25) is 0 Å². The number of nitrogens with one attached hydrogen (secondary N) is 1. The van der Waals surface area contributed by atoms with Crippen molar-refractivity contribution in [3.63, 3.8) is 0 Å². The third-order valence-electron chi connectivity index (χ3n) is 5.28. The normalized spacial score (nSPS) is 26.3. The molecule has 7 heteroatoms. The number of rotatable bonds is 3. The highest BCUT2D eigenvalue weighted by molar-refractivity contribution is 6.07. The minimum atomic E-state index is -0.766. The van der Waals surface area contributed by atoms with Crippen LogP contribution in [-0.2, 0) is 11.3 Å². The molecule has 1 N–H and O–H groups in total. The van der Waals surface area contributed by atoms with Gasteiger partial charge in [-0.3, -0.25) is 9.69 Å². The zero-order valence-corrected chi connectivity index (χ0v) is 14.1. The number of imide groups is 1. The van der Waals surface area contributed by atoms with E-state index in [2.05, 4.69) is 15.5 Å². The number of nitrogens with zero attached hydrogens (tertiary/aromatic N) is 3. The van der Waals surface area contributed by atoms with E-state index in [4.69, 9.17) is 4.42 Å². The average Bonchev–Trinajstić information content (AvgIpc) is 3.18. The van der Waals surface area contributed by atoms with Crippen LogP contribution in [0.4, 0.5) is 4.79 Å². The van der Waals surface area contributed by atoms with E-state index in [1.165, 1.54) is 4.90 Å². The van der Waals surface area contributed by atoms with Crippen molar-refractivity contribution in [2.45, 2.75) is 44.7 Å². The number of amides is 3. The molecule has 0 radical (unpaired) electrons. The predicted molar refractivity (Wildman–Crippen MR) is 89.2 cm³/mol. The standard InChI is InChI=1S/C18H20N4O3/c1-12-7-5-6-10-18(12)16(23)22(17(24)19-18)11-14-20-21-15(25-14)13-8-3-2-4-9-13/h2-4,8-9,12H,5-7,10-11H2,1H3,(H,19,24)/t12-,18+/m1/s1. The van der Waals surface area contributed by atoms with E-state index < -0.39 is 5.54 Å². The van der Waals surface area contributed by atoms with Crippen LogP contribution in [0.3, 0.4) is 0 Å². The fourth-order valence-corrected chi connectivity index (χ4v) is 3.79. The number of hydrogen-bond acceptors (Lipinski definition) is 5. The number of benzene rings is 1. The monoisotopic (exact) mass is 340 g/mol. The Morgan fingerprint density at radius 2 is 2.04 bits per heavy atom. The van der Waals surface area contributed by atoms with Crippen molar-refractivity contribution in [1.29, 1.82) is 0 Å². The lowest BCUT2D eigenvalue weighted by Crippen LogP contribution is -2.53. The first-order valence-electron chi connectivity index (χ1n) is 8.62. The smallest absolute Gasteiger partial charge is 0.325 e. The lowest BCUT2D eigenvalue weighted by molar-refractivity contribution is -0.134. The van der Waals surface area contributed by atoms with Gasteiger partial charge in [0.1, 0.15) is 12.1 Å². The quantitative estimate of drug-likeness (QED) is 0.868. The van der Waals surface area contributed by atoms with Gasteiger partial charge in [-0.15, -0.1) is 10.2 Å². The number of carbonyl (C=O) groups is 2. The van der Waals surface area contributed by atoms with Gasteiger partial charge in [0.15, 0.2) is 0 Å². The van der Waals surface area contributed by atoms with E-state index in [0.717, 1.165) is 24.8 Å². The second-order valence-corrected chi connectivity index (χ2v) is 6.81. The van der Waals surface area contributed by atoms with Crippen LogP contribution in [0, 0.1) is 5.92 Å². The molecule has 1 spiro atoms. The topological polar surface area (TPSA) is 88.3 Å². The molecule has 3 amide bonds. The Hall–Kier alpha value is -2.70. The Labute approximate surface area is 145 Å². The van der Waals surface area contributed by atoms with Gasteiger partial charge in [-0.1, -0.05) is 38.0 Å². The first kappa shape index (κ1) is 15.8. The predicted octanol–water partition coefficient (Wildman–Crippen LogP) is 2.74. The maximum Gasteiger partial charge on any atom is 0.325 e. The molecule has 0 bridgehead atoms. The van der Waals surface area contributed by atoms with Crippen molar-refractivity contribution >= 4 is 11.9 Å². The second kappa shape index (κ2) is 5.98. The van der Waals surface area contributed by atoms with Gasteiger partial charge in [0.2, 0.25) is 11.8 Å². The van der Waals surface area contributed by atoms with Gasteiger partial charge in [-0.25, -0.2) is 4.79 Å². The summed E-state index contributed by atoms with van der Waals surface area (Å²) in [5.74, 6) is 0.584. The summed E-state index contributed by atoms with van der Waals surface area (Å²) in [6, 6.07) is 9.01. The lowest BCUT2D eigenvalue weighted by atomic mass is 9.73. The zero-order chi connectivity index (χ0) is 17.4. The van der Waals surface area contributed by atoms with Gasteiger partial charge in [0.25, 0.3) is 5.91 Å². The van der Waals surface area contributed by atoms with Crippen molar-refractivity contribution in [1.82, 2.24) is 20.4 Å². The van der Waals surface area contributed by atoms with Crippen molar-refractivity contribution in [2.75, 3.05) is 0 Å². The molecule has 2 aromatic rings. The van der Waals surface area contributed by atoms with Gasteiger partial charge in [0, 0.05) is 5.56 Å². The first-order chi connectivity index (χ1) is 12.1. The molecule has 2 atom stereocenters. The molecule has 1 aromatic carbocycles. The van der Waals surface area contributed by atoms with Crippen LogP contribution < -0.4 is 5.32 Å². The number of aromatic nitrogens is 2. The van der Waals surface area contributed by atoms with Crippen molar-refractivity contribution in [3.8, 4) is 11.5 Å². The van der Waals surface area contributed by atoms with Crippen LogP contribution in [0.5, 0.6) is 0 Å². The Morgan fingerprint density at radius 1 is 1.24 bits per heavy atom. The Kier molecular flexibility index (Phi) is 3.78. The largest absolute Gasteiger partial charge is 0.419 e. The van der Waals surface area contributed by atoms with E-state index in [0.29, 0.717) is 12.3 Å². The maximum absolute atomic E-state index is 12.9. The molecule has 25 heavy (non-hydrogen) atoms. The fourth-order valence-electron chi connectivity index (χ4n) is 3.79. The second-order valence-electron chi connectivity index (χ2n) is 6.81. The SMILES string of the molecule is C[C@@H]1CCCC[C@]12NC(=O)N(Cc1nnc(-c3ccccc3)o1)C2=O. The van der Waals surface area contributed by atoms with Crippen LogP contribution in [0.1, 0.15) is 38.5 Å². The summed E-state index contributed by atoms with van der Waals surface area (Å²) in [7, 11) is 0. The molecule has 1 aromatic heterocycles. The summed E-state index contributed by atoms with van der Waals surface area (Å²) < 4.78 is 5.63. The molecular weight excluding hydrogens is 320 g/mol. The van der Waals surface area contributed by atoms with Crippen molar-refractivity contribution in [3.05, 3.63) is 36.2 Å². The van der Waals surface area contributed by atoms with Crippen LogP contribution >= 0.6 is 0 Å². The molecule has 7 nitrogen and oxygen atoms in total. The lowest BCUT2D eigenvalue weighted by Gasteiger charge is -2.36. The number of hydrogen-bond donors (Lipinski definition) is 1. The fraction of sp³-hybridized carbons (Fsp3) is 0.444. The van der Waals surface area contributed by atoms with Gasteiger partial charge < -0.3 is 9.73 Å². The van der Waals surface area contributed by atoms with E-state index in [9.17, 15) is 9.59 Å². The molecule has 0 unspecified atom stereocenters. The van der Waals surface area contributed by atoms with E-state index >= 15 is 0 Å². The first-order valence-corrected chi connectivity index (χ1v) is 8.62. The molecule has 2 heterocycles. The Balaban J connectivity index is 1.54. The molecule has 1 aliphatic heterocycles. The molecular formula is C18H20N4O3. The van der Waals surface area contributed by atoms with Crippen molar-refractivity contribution < 1.29 is 14.0 Å². The van der Waals surface area contributed by atoms with Crippen LogP contribution in [0.25, 0.3) is 11.5 Å². The highest BCUT2D eigenvalue weighted by Crippen LogP contribution is 2.38. The summed E-state index contributed by atoms with van der Waals surface area (Å²) in [5, 5.41) is 10.9. The molecule has 130 valence electrons. The molecule has 1 saturated carbocycles. The van der Waals surface area contributed by atoms with Gasteiger partial charge in [-0.2, -0.15) is 0 Å². The van der Waals surface area contributed by atoms with E-state index in [1.54, 1.807) is 0 Å². The van der Waals surface area contributed by atoms with Gasteiger partial charge in [-0.05, 0) is 30.9 Å². The Morgan fingerprint density at radius 3 is 2.80 bits per heavy atom. The minimum Gasteiger partial charge on any atom is -0.419 e. The molecule has 4 rings (SSSR count). The summed E-state index contributed by atoms with van der Waals surface area (Å²) in [5.41, 5.74) is 0.0354. The summed E-state index contributed by atoms with van der Waals surface area (Å²) >= 11 is 0. The van der Waals surface area contributed by atoms with Crippen LogP contribution in [0.15, 0.2) is 34.7 Å². The van der Waals surface area contributed by atoms with Gasteiger partial charge >= 0.3 is 6.03 Å². The van der Waals surface area contributed by atoms with Gasteiger partial charge in [0.05, 0.1) is 0 Å². The highest BCUT2D eigenvalue weighted by atomic mass is 16.4. The summed E-state index contributed by atoms with van der Waals surface area (Å²) in [6.45, 7) is 2.03. The average molecular weight is 340 g/mol. The maximum atomic E-state index is 12.9.